The number of phenols is 1. The molecule has 0 aliphatic carbocycles. The smallest absolute Gasteiger partial charge is 0.244 e. The zero-order chi connectivity index (χ0) is 25.8. The number of hydrogen-bond acceptors (Lipinski definition) is 7. The first-order valence-corrected chi connectivity index (χ1v) is 11.9. The topological polar surface area (TPSA) is 118 Å². The molecule has 4 N–H and O–H groups in total. The van der Waals surface area contributed by atoms with Gasteiger partial charge >= 0.3 is 0 Å². The Morgan fingerprint density at radius 3 is 2.08 bits per heavy atom. The van der Waals surface area contributed by atoms with E-state index in [1.807, 2.05) is 0 Å². The molecule has 0 spiro atoms. The first-order chi connectivity index (χ1) is 17.5. The largest absolute Gasteiger partial charge is 0.504 e. The number of nitrogens with one attached hydrogen (secondary N) is 3. The standard InChI is InChI=1S/C27H33N3O6/c1-34-23-17-20-18-24(35-2)21(23)8-11-27(33)29-14-4-3-12-28-13-5-15-30-26(32)10-7-19-6-9-22(31)25(16-19)36-20/h6-11,16-18,28,31H,3-5,12-15H2,1-2H3,(H,29,33)(H,30,32)/b10-7+,11-8+. The van der Waals surface area contributed by atoms with Crippen LogP contribution in [0.5, 0.6) is 28.7 Å². The third-order valence-electron chi connectivity index (χ3n) is 5.47. The zero-order valence-electron chi connectivity index (χ0n) is 20.6. The van der Waals surface area contributed by atoms with Crippen molar-refractivity contribution in [1.82, 2.24) is 16.0 Å². The van der Waals surface area contributed by atoms with Crippen LogP contribution in [0, 0.1) is 0 Å². The highest BCUT2D eigenvalue weighted by atomic mass is 16.5. The summed E-state index contributed by atoms with van der Waals surface area (Å²) < 4.78 is 16.9. The molecule has 4 bridgehead atoms. The van der Waals surface area contributed by atoms with Gasteiger partial charge in [0.1, 0.15) is 17.2 Å². The lowest BCUT2D eigenvalue weighted by Gasteiger charge is -2.15. The van der Waals surface area contributed by atoms with Gasteiger partial charge in [0.25, 0.3) is 0 Å². The Morgan fingerprint density at radius 2 is 1.39 bits per heavy atom. The molecule has 0 radical (unpaired) electrons. The second-order valence-electron chi connectivity index (χ2n) is 8.13. The molecule has 2 aliphatic heterocycles. The second-order valence-corrected chi connectivity index (χ2v) is 8.13. The number of fused-ring (bicyclic) bond motifs is 15. The number of aromatic hydroxyl groups is 1. The van der Waals surface area contributed by atoms with Gasteiger partial charge in [0, 0.05) is 37.4 Å². The molecule has 0 saturated heterocycles. The van der Waals surface area contributed by atoms with Crippen LogP contribution >= 0.6 is 0 Å². The first-order valence-electron chi connectivity index (χ1n) is 11.9. The van der Waals surface area contributed by atoms with E-state index in [0.29, 0.717) is 41.5 Å². The number of ether oxygens (including phenoxy) is 3. The molecule has 0 atom stereocenters. The summed E-state index contributed by atoms with van der Waals surface area (Å²) in [7, 11) is 3.01. The highest BCUT2D eigenvalue weighted by molar-refractivity contribution is 5.93. The third kappa shape index (κ3) is 8.06. The summed E-state index contributed by atoms with van der Waals surface area (Å²) in [6.45, 7) is 2.75. The van der Waals surface area contributed by atoms with Crippen LogP contribution in [0.25, 0.3) is 12.2 Å². The monoisotopic (exact) mass is 495 g/mol. The van der Waals surface area contributed by atoms with Crippen molar-refractivity contribution in [1.29, 1.82) is 0 Å². The highest BCUT2D eigenvalue weighted by Gasteiger charge is 2.14. The Hall–Kier alpha value is -3.98. The van der Waals surface area contributed by atoms with Crippen LogP contribution in [-0.2, 0) is 9.59 Å². The van der Waals surface area contributed by atoms with E-state index in [9.17, 15) is 14.7 Å². The Morgan fingerprint density at radius 1 is 0.778 bits per heavy atom. The second kappa shape index (κ2) is 13.8. The maximum atomic E-state index is 12.3. The number of methoxy groups -OCH3 is 2. The van der Waals surface area contributed by atoms with Crippen LogP contribution in [-0.4, -0.2) is 57.3 Å². The van der Waals surface area contributed by atoms with E-state index in [1.165, 1.54) is 32.4 Å². The van der Waals surface area contributed by atoms with E-state index in [1.54, 1.807) is 36.4 Å². The number of rotatable bonds is 2. The van der Waals surface area contributed by atoms with Gasteiger partial charge in [-0.25, -0.2) is 0 Å². The Balaban J connectivity index is 1.89. The third-order valence-corrected chi connectivity index (χ3v) is 5.47. The van der Waals surface area contributed by atoms with E-state index in [2.05, 4.69) is 16.0 Å². The zero-order valence-corrected chi connectivity index (χ0v) is 20.6. The van der Waals surface area contributed by atoms with Crippen LogP contribution in [0.3, 0.4) is 0 Å². The summed E-state index contributed by atoms with van der Waals surface area (Å²) >= 11 is 0. The van der Waals surface area contributed by atoms with Gasteiger partial charge < -0.3 is 35.3 Å². The molecule has 0 saturated carbocycles. The lowest BCUT2D eigenvalue weighted by molar-refractivity contribution is -0.117. The molecular weight excluding hydrogens is 462 g/mol. The Labute approximate surface area is 211 Å². The van der Waals surface area contributed by atoms with Crippen LogP contribution in [0.15, 0.2) is 42.5 Å². The Bertz CT molecular complexity index is 1090. The number of benzene rings is 2. The summed E-state index contributed by atoms with van der Waals surface area (Å²) in [6, 6.07) is 8.08. The van der Waals surface area contributed by atoms with Crippen molar-refractivity contribution in [3.63, 3.8) is 0 Å². The predicted molar refractivity (Wildman–Crippen MR) is 139 cm³/mol. The Kier molecular flexibility index (Phi) is 10.2. The van der Waals surface area contributed by atoms with Crippen molar-refractivity contribution in [2.45, 2.75) is 19.3 Å². The molecule has 2 aromatic carbocycles. The van der Waals surface area contributed by atoms with Gasteiger partial charge in [0.2, 0.25) is 11.8 Å². The lowest BCUT2D eigenvalue weighted by atomic mass is 10.1. The quantitative estimate of drug-likeness (QED) is 0.505. The van der Waals surface area contributed by atoms with E-state index in [0.717, 1.165) is 32.4 Å². The molecule has 192 valence electrons. The van der Waals surface area contributed by atoms with Crippen molar-refractivity contribution in [2.24, 2.45) is 0 Å². The summed E-state index contributed by atoms with van der Waals surface area (Å²) in [6.07, 6.45) is 8.75. The molecule has 36 heavy (non-hydrogen) atoms. The molecule has 2 heterocycles. The minimum atomic E-state index is -0.215. The molecule has 0 aromatic heterocycles. The summed E-state index contributed by atoms with van der Waals surface area (Å²) in [4.78, 5) is 24.4. The van der Waals surface area contributed by atoms with E-state index >= 15 is 0 Å². The van der Waals surface area contributed by atoms with Crippen molar-refractivity contribution in [2.75, 3.05) is 40.4 Å². The van der Waals surface area contributed by atoms with Crippen molar-refractivity contribution >= 4 is 24.0 Å². The number of carbonyl (C=O) groups excluding carboxylic acids is 2. The maximum absolute atomic E-state index is 12.3. The summed E-state index contributed by atoms with van der Waals surface area (Å²) in [5.74, 6) is 0.944. The van der Waals surface area contributed by atoms with Crippen LogP contribution in [0.1, 0.15) is 30.4 Å². The molecule has 9 nitrogen and oxygen atoms in total. The normalized spacial score (nSPS) is 17.6. The van der Waals surface area contributed by atoms with Crippen LogP contribution < -0.4 is 30.2 Å². The minimum absolute atomic E-state index is 0.0656. The van der Waals surface area contributed by atoms with Crippen molar-refractivity contribution in [3.05, 3.63) is 53.6 Å². The number of hydrogen-bond donors (Lipinski definition) is 4. The molecule has 2 aliphatic rings. The average Bonchev–Trinajstić information content (AvgIpc) is 2.88. The van der Waals surface area contributed by atoms with Gasteiger partial charge in [0.05, 0.1) is 19.8 Å². The van der Waals surface area contributed by atoms with Crippen molar-refractivity contribution in [3.8, 4) is 28.7 Å². The summed E-state index contributed by atoms with van der Waals surface area (Å²) in [5, 5.41) is 19.4. The van der Waals surface area contributed by atoms with Gasteiger partial charge in [-0.3, -0.25) is 9.59 Å². The molecule has 9 heteroatoms. The first kappa shape index (κ1) is 26.6. The van der Waals surface area contributed by atoms with E-state index in [-0.39, 0.29) is 23.3 Å². The molecule has 4 rings (SSSR count). The number of amides is 2. The summed E-state index contributed by atoms with van der Waals surface area (Å²) in [5.41, 5.74) is 1.26. The van der Waals surface area contributed by atoms with Crippen LogP contribution in [0.2, 0.25) is 0 Å². The van der Waals surface area contributed by atoms with Gasteiger partial charge in [-0.05, 0) is 62.2 Å². The fourth-order valence-corrected chi connectivity index (χ4v) is 3.57. The molecular formula is C27H33N3O6. The van der Waals surface area contributed by atoms with Gasteiger partial charge in [-0.2, -0.15) is 0 Å². The van der Waals surface area contributed by atoms with Gasteiger partial charge in [0.15, 0.2) is 11.5 Å². The number of carbonyl (C=O) groups is 2. The van der Waals surface area contributed by atoms with E-state index < -0.39 is 0 Å². The molecule has 0 unspecified atom stereocenters. The molecule has 2 amide bonds. The average molecular weight is 496 g/mol. The van der Waals surface area contributed by atoms with Crippen molar-refractivity contribution < 1.29 is 28.9 Å². The van der Waals surface area contributed by atoms with E-state index in [4.69, 9.17) is 14.2 Å². The van der Waals surface area contributed by atoms with Gasteiger partial charge in [-0.15, -0.1) is 0 Å². The number of phenolic OH excluding ortho intramolecular Hbond substituents is 1. The highest BCUT2D eigenvalue weighted by Crippen LogP contribution is 2.39. The predicted octanol–water partition coefficient (Wildman–Crippen LogP) is 3.23. The lowest BCUT2D eigenvalue weighted by Crippen LogP contribution is -2.27. The fourth-order valence-electron chi connectivity index (χ4n) is 3.57. The SMILES string of the molecule is COc1cc2cc(OC)c1/C=C/C(=O)NCCCCNCCCNC(=O)/C=C/c1ccc(O)c(c1)O2. The van der Waals surface area contributed by atoms with Crippen LogP contribution in [0.4, 0.5) is 0 Å². The maximum Gasteiger partial charge on any atom is 0.244 e. The molecule has 2 aromatic rings. The molecule has 0 fully saturated rings. The minimum Gasteiger partial charge on any atom is -0.504 e. The van der Waals surface area contributed by atoms with Gasteiger partial charge in [-0.1, -0.05) is 6.07 Å². The fraction of sp³-hybridized carbons (Fsp3) is 0.333.